The van der Waals surface area contributed by atoms with Crippen molar-refractivity contribution >= 4 is 0 Å². The topological polar surface area (TPSA) is 27.7 Å². The van der Waals surface area contributed by atoms with Gasteiger partial charge in [-0.3, -0.25) is 4.90 Å². The minimum atomic E-state index is 0.606. The molecule has 1 saturated carbocycles. The molecular formula is C20H33N3O. The fraction of sp³-hybridized carbons (Fsp3) is 0.700. The Morgan fingerprint density at radius 3 is 2.42 bits per heavy atom. The third-order valence-corrected chi connectivity index (χ3v) is 5.83. The van der Waals surface area contributed by atoms with Gasteiger partial charge in [0.2, 0.25) is 0 Å². The van der Waals surface area contributed by atoms with Crippen molar-refractivity contribution in [2.24, 2.45) is 5.92 Å². The van der Waals surface area contributed by atoms with Crippen molar-refractivity contribution in [1.82, 2.24) is 15.1 Å². The average Bonchev–Trinajstić information content (AvgIpc) is 3.43. The highest BCUT2D eigenvalue weighted by atomic mass is 16.5. The zero-order valence-corrected chi connectivity index (χ0v) is 15.5. The summed E-state index contributed by atoms with van der Waals surface area (Å²) in [6, 6.07) is 9.22. The van der Waals surface area contributed by atoms with Crippen molar-refractivity contribution in [2.45, 2.75) is 32.2 Å². The molecule has 0 aromatic heterocycles. The molecule has 1 N–H and O–H groups in total. The molecule has 3 rings (SSSR count). The van der Waals surface area contributed by atoms with Crippen LogP contribution in [0.1, 0.15) is 31.7 Å². The third kappa shape index (κ3) is 4.50. The van der Waals surface area contributed by atoms with Gasteiger partial charge in [0.25, 0.3) is 0 Å². The van der Waals surface area contributed by atoms with Gasteiger partial charge in [-0.25, -0.2) is 0 Å². The summed E-state index contributed by atoms with van der Waals surface area (Å²) < 4.78 is 5.25. The lowest BCUT2D eigenvalue weighted by molar-refractivity contribution is 0.137. The molecule has 0 amide bonds. The zero-order valence-electron chi connectivity index (χ0n) is 15.5. The van der Waals surface area contributed by atoms with E-state index in [1.165, 1.54) is 51.3 Å². The van der Waals surface area contributed by atoms with E-state index < -0.39 is 0 Å². The Bertz CT molecular complexity index is 496. The summed E-state index contributed by atoms with van der Waals surface area (Å²) >= 11 is 0. The molecule has 1 aromatic carbocycles. The number of nitrogens with one attached hydrogen (secondary N) is 1. The van der Waals surface area contributed by atoms with Gasteiger partial charge in [-0.1, -0.05) is 19.1 Å². The number of hydrogen-bond donors (Lipinski definition) is 1. The van der Waals surface area contributed by atoms with Crippen LogP contribution >= 0.6 is 0 Å². The van der Waals surface area contributed by atoms with E-state index in [1.807, 2.05) is 0 Å². The number of nitrogens with zero attached hydrogens (tertiary/aromatic N) is 2. The molecule has 4 nitrogen and oxygen atoms in total. The zero-order chi connectivity index (χ0) is 16.9. The van der Waals surface area contributed by atoms with E-state index in [1.54, 1.807) is 7.11 Å². The lowest BCUT2D eigenvalue weighted by atomic mass is 10.1. The van der Waals surface area contributed by atoms with Gasteiger partial charge in [0.15, 0.2) is 0 Å². The summed E-state index contributed by atoms with van der Waals surface area (Å²) in [5, 5.41) is 3.76. The number of benzene rings is 1. The Labute approximate surface area is 147 Å². The molecule has 134 valence electrons. The van der Waals surface area contributed by atoms with E-state index in [2.05, 4.69) is 53.2 Å². The van der Waals surface area contributed by atoms with Gasteiger partial charge in [0, 0.05) is 45.3 Å². The summed E-state index contributed by atoms with van der Waals surface area (Å²) in [5.74, 6) is 2.46. The Balaban J connectivity index is 1.35. The molecule has 0 bridgehead atoms. The molecule has 0 spiro atoms. The summed E-state index contributed by atoms with van der Waals surface area (Å²) in [6.45, 7) is 13.0. The summed E-state index contributed by atoms with van der Waals surface area (Å²) in [4.78, 5) is 5.13. The van der Waals surface area contributed by atoms with Crippen molar-refractivity contribution in [2.75, 3.05) is 52.9 Å². The second-order valence-corrected chi connectivity index (χ2v) is 7.30. The van der Waals surface area contributed by atoms with Gasteiger partial charge in [-0.15, -0.1) is 0 Å². The summed E-state index contributed by atoms with van der Waals surface area (Å²) in [6.07, 6.45) is 1.32. The average molecular weight is 332 g/mol. The van der Waals surface area contributed by atoms with Crippen LogP contribution in [0, 0.1) is 5.92 Å². The predicted octanol–water partition coefficient (Wildman–Crippen LogP) is 2.41. The summed E-state index contributed by atoms with van der Waals surface area (Å²) in [7, 11) is 1.73. The Hall–Kier alpha value is -1.10. The Kier molecular flexibility index (Phi) is 6.14. The molecule has 2 aliphatic rings. The van der Waals surface area contributed by atoms with E-state index in [-0.39, 0.29) is 0 Å². The first-order chi connectivity index (χ1) is 11.7. The smallest absolute Gasteiger partial charge is 0.118 e. The number of likely N-dealkylation sites (N-methyl/N-ethyl adjacent to an activating group) is 1. The van der Waals surface area contributed by atoms with Gasteiger partial charge in [-0.2, -0.15) is 0 Å². The van der Waals surface area contributed by atoms with Gasteiger partial charge < -0.3 is 15.0 Å². The maximum Gasteiger partial charge on any atom is 0.118 e. The molecular weight excluding hydrogens is 298 g/mol. The fourth-order valence-corrected chi connectivity index (χ4v) is 3.93. The van der Waals surface area contributed by atoms with Crippen LogP contribution in [0.5, 0.6) is 5.75 Å². The van der Waals surface area contributed by atoms with Gasteiger partial charge in [-0.05, 0) is 49.4 Å². The lowest BCUT2D eigenvalue weighted by Crippen LogP contribution is -2.48. The quantitative estimate of drug-likeness (QED) is 0.792. The normalized spacial score (nSPS) is 26.3. The molecule has 2 fully saturated rings. The van der Waals surface area contributed by atoms with Crippen molar-refractivity contribution in [1.29, 1.82) is 0 Å². The third-order valence-electron chi connectivity index (χ3n) is 5.83. The Morgan fingerprint density at radius 1 is 1.12 bits per heavy atom. The van der Waals surface area contributed by atoms with Crippen LogP contribution in [-0.4, -0.2) is 68.8 Å². The van der Waals surface area contributed by atoms with E-state index in [9.17, 15) is 0 Å². The van der Waals surface area contributed by atoms with Crippen LogP contribution in [0.4, 0.5) is 0 Å². The van der Waals surface area contributed by atoms with E-state index in [4.69, 9.17) is 4.74 Å². The van der Waals surface area contributed by atoms with Crippen LogP contribution in [0.15, 0.2) is 24.3 Å². The molecule has 4 heteroatoms. The number of methoxy groups -OCH3 is 1. The minimum absolute atomic E-state index is 0.606. The minimum Gasteiger partial charge on any atom is -0.497 e. The van der Waals surface area contributed by atoms with E-state index in [0.29, 0.717) is 6.04 Å². The number of piperazine rings is 1. The van der Waals surface area contributed by atoms with Crippen LogP contribution in [0.25, 0.3) is 0 Å². The van der Waals surface area contributed by atoms with Gasteiger partial charge >= 0.3 is 0 Å². The maximum absolute atomic E-state index is 5.25. The monoisotopic (exact) mass is 331 g/mol. The first-order valence-corrected chi connectivity index (χ1v) is 9.53. The highest BCUT2D eigenvalue weighted by Crippen LogP contribution is 2.49. The van der Waals surface area contributed by atoms with E-state index in [0.717, 1.165) is 24.1 Å². The predicted molar refractivity (Wildman–Crippen MR) is 99.9 cm³/mol. The fourth-order valence-electron chi connectivity index (χ4n) is 3.93. The van der Waals surface area contributed by atoms with Crippen molar-refractivity contribution in [3.05, 3.63) is 29.8 Å². The summed E-state index contributed by atoms with van der Waals surface area (Å²) in [5.41, 5.74) is 1.46. The van der Waals surface area contributed by atoms with Crippen LogP contribution in [-0.2, 0) is 0 Å². The van der Waals surface area contributed by atoms with Crippen molar-refractivity contribution in [3.8, 4) is 5.75 Å². The number of rotatable bonds is 8. The number of hydrogen-bond acceptors (Lipinski definition) is 4. The number of ether oxygens (including phenoxy) is 1. The highest BCUT2D eigenvalue weighted by molar-refractivity contribution is 5.33. The molecule has 0 radical (unpaired) electrons. The molecule has 1 unspecified atom stereocenters. The molecule has 24 heavy (non-hydrogen) atoms. The van der Waals surface area contributed by atoms with Crippen LogP contribution in [0.2, 0.25) is 0 Å². The van der Waals surface area contributed by atoms with Crippen molar-refractivity contribution < 1.29 is 4.74 Å². The standard InChI is InChI=1S/C20H33N3O/c1-4-22-11-13-23(14-12-22)10-9-21-16(2)19-15-20(19)17-5-7-18(24-3)8-6-17/h5-8,16,19-21H,4,9-15H2,1-3H3/t16?,19-,20-/m1/s1. The lowest BCUT2D eigenvalue weighted by Gasteiger charge is -2.34. The second kappa shape index (κ2) is 8.32. The first kappa shape index (κ1) is 17.7. The van der Waals surface area contributed by atoms with Gasteiger partial charge in [0.05, 0.1) is 7.11 Å². The van der Waals surface area contributed by atoms with Crippen LogP contribution < -0.4 is 10.1 Å². The molecule has 1 aliphatic heterocycles. The van der Waals surface area contributed by atoms with Crippen molar-refractivity contribution in [3.63, 3.8) is 0 Å². The molecule has 1 saturated heterocycles. The largest absolute Gasteiger partial charge is 0.497 e. The molecule has 1 aliphatic carbocycles. The molecule has 3 atom stereocenters. The first-order valence-electron chi connectivity index (χ1n) is 9.53. The van der Waals surface area contributed by atoms with Crippen LogP contribution in [0.3, 0.4) is 0 Å². The SMILES string of the molecule is CCN1CCN(CCNC(C)[C@H]2C[C@@H]2c2ccc(OC)cc2)CC1. The Morgan fingerprint density at radius 2 is 1.79 bits per heavy atom. The highest BCUT2D eigenvalue weighted by Gasteiger charge is 2.41. The second-order valence-electron chi connectivity index (χ2n) is 7.30. The van der Waals surface area contributed by atoms with E-state index >= 15 is 0 Å². The van der Waals surface area contributed by atoms with Gasteiger partial charge in [0.1, 0.15) is 5.75 Å². The molecule has 1 heterocycles. The maximum atomic E-state index is 5.25. The molecule has 1 aromatic rings.